The van der Waals surface area contributed by atoms with Crippen molar-refractivity contribution in [3.05, 3.63) is 53.4 Å². The molecule has 3 aromatic heterocycles. The lowest BCUT2D eigenvalue weighted by atomic mass is 10.1. The average Bonchev–Trinajstić information content (AvgIpc) is 3.32. The van der Waals surface area contributed by atoms with Crippen LogP contribution in [0.3, 0.4) is 0 Å². The summed E-state index contributed by atoms with van der Waals surface area (Å²) < 4.78 is 6.40. The number of phenolic OH excluding ortho intramolecular Hbond substituents is 1. The van der Waals surface area contributed by atoms with Crippen LogP contribution < -0.4 is 10.6 Å². The number of nitrogens with zero attached hydrogens (tertiary/aromatic N) is 7. The Morgan fingerprint density at radius 2 is 1.94 bits per heavy atom. The summed E-state index contributed by atoms with van der Waals surface area (Å²) in [7, 11) is 1.60. The Labute approximate surface area is 210 Å². The van der Waals surface area contributed by atoms with E-state index in [9.17, 15) is 15.1 Å². The third kappa shape index (κ3) is 4.77. The second-order valence-electron chi connectivity index (χ2n) is 8.21. The Morgan fingerprint density at radius 3 is 2.67 bits per heavy atom. The number of hydrogen-bond donors (Lipinski definition) is 3. The summed E-state index contributed by atoms with van der Waals surface area (Å²) >= 11 is 1.49. The van der Waals surface area contributed by atoms with Crippen molar-refractivity contribution in [3.63, 3.8) is 0 Å². The summed E-state index contributed by atoms with van der Waals surface area (Å²) in [6, 6.07) is 6.84. The molecule has 12 nitrogen and oxygen atoms in total. The third-order valence-corrected chi connectivity index (χ3v) is 6.81. The standard InChI is InChI=1S/C23H24N8O4S/c1-29(31(34)23(33)15-10-25-13-26-11-15)12-16-9-18-20(36-16)22(30-4-6-35-7-5-30)28-21(27-18)14-2-3-17(24)19(32)8-14/h2-3,8-11,13,32,34H,4-7,12,24H2,1H3. The van der Waals surface area contributed by atoms with Crippen molar-refractivity contribution < 1.29 is 19.8 Å². The molecule has 0 saturated carbocycles. The molecule has 0 unspecified atom stereocenters. The van der Waals surface area contributed by atoms with Crippen LogP contribution in [0.1, 0.15) is 15.2 Å². The van der Waals surface area contributed by atoms with E-state index in [0.29, 0.717) is 42.9 Å². The number of carbonyl (C=O) groups is 1. The van der Waals surface area contributed by atoms with E-state index in [1.807, 2.05) is 6.07 Å². The van der Waals surface area contributed by atoms with Crippen molar-refractivity contribution in [2.24, 2.45) is 0 Å². The normalized spacial score (nSPS) is 13.9. The predicted molar refractivity (Wildman–Crippen MR) is 133 cm³/mol. The molecule has 4 N–H and O–H groups in total. The van der Waals surface area contributed by atoms with E-state index >= 15 is 0 Å². The molecule has 1 amide bonds. The summed E-state index contributed by atoms with van der Waals surface area (Å²) in [5.41, 5.74) is 7.57. The fourth-order valence-corrected chi connectivity index (χ4v) is 4.98. The van der Waals surface area contributed by atoms with Crippen molar-refractivity contribution in [2.75, 3.05) is 44.0 Å². The number of hydrogen-bond acceptors (Lipinski definition) is 12. The number of amides is 1. The number of ether oxygens (including phenoxy) is 1. The van der Waals surface area contributed by atoms with Crippen LogP contribution in [0, 0.1) is 0 Å². The van der Waals surface area contributed by atoms with E-state index in [2.05, 4.69) is 14.9 Å². The molecule has 4 heterocycles. The smallest absolute Gasteiger partial charge is 0.295 e. The number of nitrogen functional groups attached to an aromatic ring is 1. The van der Waals surface area contributed by atoms with Gasteiger partial charge in [0.1, 0.15) is 12.1 Å². The second-order valence-corrected chi connectivity index (χ2v) is 9.35. The summed E-state index contributed by atoms with van der Waals surface area (Å²) in [5.74, 6) is 0.554. The molecule has 0 spiro atoms. The molecule has 1 fully saturated rings. The van der Waals surface area contributed by atoms with Gasteiger partial charge in [-0.05, 0) is 24.3 Å². The Balaban J connectivity index is 1.48. The van der Waals surface area contributed by atoms with Gasteiger partial charge in [-0.2, -0.15) is 5.01 Å². The van der Waals surface area contributed by atoms with Crippen molar-refractivity contribution in [3.8, 4) is 17.1 Å². The van der Waals surface area contributed by atoms with E-state index in [1.165, 1.54) is 35.1 Å². The Hall–Kier alpha value is -3.91. The number of hydroxylamine groups is 1. The first-order valence-electron chi connectivity index (χ1n) is 11.1. The van der Waals surface area contributed by atoms with Crippen LogP contribution in [0.15, 0.2) is 43.0 Å². The van der Waals surface area contributed by atoms with E-state index in [1.54, 1.807) is 25.2 Å². The molecule has 1 aliphatic heterocycles. The number of thiophene rings is 1. The van der Waals surface area contributed by atoms with Crippen molar-refractivity contribution in [1.29, 1.82) is 0 Å². The number of anilines is 2. The molecular weight excluding hydrogens is 484 g/mol. The Bertz CT molecular complexity index is 1390. The Kier molecular flexibility index (Phi) is 6.61. The van der Waals surface area contributed by atoms with Gasteiger partial charge in [0.05, 0.1) is 41.2 Å². The number of fused-ring (bicyclic) bond motifs is 1. The molecule has 1 aliphatic rings. The molecule has 0 atom stereocenters. The van der Waals surface area contributed by atoms with Crippen LogP contribution in [0.2, 0.25) is 0 Å². The molecule has 0 aliphatic carbocycles. The average molecular weight is 509 g/mol. The molecule has 186 valence electrons. The minimum absolute atomic E-state index is 0.0340. The highest BCUT2D eigenvalue weighted by Gasteiger charge is 2.23. The highest BCUT2D eigenvalue weighted by molar-refractivity contribution is 7.19. The molecule has 4 aromatic rings. The van der Waals surface area contributed by atoms with Crippen molar-refractivity contribution in [2.45, 2.75) is 6.54 Å². The van der Waals surface area contributed by atoms with Crippen LogP contribution in [-0.2, 0) is 11.3 Å². The monoisotopic (exact) mass is 508 g/mol. The molecular formula is C23H24N8O4S. The fourth-order valence-electron chi connectivity index (χ4n) is 3.82. The van der Waals surface area contributed by atoms with Gasteiger partial charge in [-0.3, -0.25) is 10.0 Å². The number of morpholine rings is 1. The molecule has 5 rings (SSSR count). The van der Waals surface area contributed by atoms with Gasteiger partial charge in [0, 0.05) is 43.0 Å². The first-order valence-corrected chi connectivity index (χ1v) is 11.9. The van der Waals surface area contributed by atoms with Crippen LogP contribution in [0.4, 0.5) is 11.5 Å². The maximum absolute atomic E-state index is 12.5. The van der Waals surface area contributed by atoms with Gasteiger partial charge in [-0.25, -0.2) is 19.9 Å². The summed E-state index contributed by atoms with van der Waals surface area (Å²) in [4.78, 5) is 32.8. The van der Waals surface area contributed by atoms with E-state index in [-0.39, 0.29) is 23.5 Å². The van der Waals surface area contributed by atoms with Gasteiger partial charge in [0.25, 0.3) is 5.91 Å². The van der Waals surface area contributed by atoms with Crippen molar-refractivity contribution in [1.82, 2.24) is 30.1 Å². The Morgan fingerprint density at radius 1 is 1.19 bits per heavy atom. The molecule has 0 bridgehead atoms. The van der Waals surface area contributed by atoms with Gasteiger partial charge in [-0.1, -0.05) is 0 Å². The maximum Gasteiger partial charge on any atom is 0.295 e. The van der Waals surface area contributed by atoms with Gasteiger partial charge in [-0.15, -0.1) is 16.5 Å². The molecule has 1 aromatic carbocycles. The van der Waals surface area contributed by atoms with Gasteiger partial charge in [0.15, 0.2) is 11.6 Å². The summed E-state index contributed by atoms with van der Waals surface area (Å²) in [6.45, 7) is 2.80. The number of hydrazine groups is 1. The van der Waals surface area contributed by atoms with Crippen molar-refractivity contribution >= 4 is 39.0 Å². The van der Waals surface area contributed by atoms with Crippen LogP contribution in [0.25, 0.3) is 21.6 Å². The summed E-state index contributed by atoms with van der Waals surface area (Å²) in [5, 5.41) is 22.5. The quantitative estimate of drug-likeness (QED) is 0.152. The number of aromatic hydroxyl groups is 1. The van der Waals surface area contributed by atoms with E-state index in [0.717, 1.165) is 20.9 Å². The highest BCUT2D eigenvalue weighted by Crippen LogP contribution is 2.36. The first-order chi connectivity index (χ1) is 17.4. The number of aromatic nitrogens is 4. The zero-order valence-corrected chi connectivity index (χ0v) is 20.2. The van der Waals surface area contributed by atoms with Gasteiger partial charge < -0.3 is 20.5 Å². The van der Waals surface area contributed by atoms with Crippen LogP contribution >= 0.6 is 11.3 Å². The number of rotatable bonds is 6. The van der Waals surface area contributed by atoms with Gasteiger partial charge in [0.2, 0.25) is 0 Å². The minimum Gasteiger partial charge on any atom is -0.506 e. The third-order valence-electron chi connectivity index (χ3n) is 5.70. The maximum atomic E-state index is 12.5. The minimum atomic E-state index is -0.640. The first kappa shape index (κ1) is 23.8. The second kappa shape index (κ2) is 9.99. The number of phenols is 1. The topological polar surface area (TPSA) is 154 Å². The number of benzene rings is 1. The summed E-state index contributed by atoms with van der Waals surface area (Å²) in [6.07, 6.45) is 3.99. The lowest BCUT2D eigenvalue weighted by Gasteiger charge is -2.28. The van der Waals surface area contributed by atoms with E-state index < -0.39 is 5.91 Å². The molecule has 0 radical (unpaired) electrons. The zero-order valence-electron chi connectivity index (χ0n) is 19.4. The molecule has 36 heavy (non-hydrogen) atoms. The SMILES string of the molecule is CN(Cc1cc2nc(-c3ccc(N)c(O)c3)nc(N3CCOCC3)c2s1)N(O)C(=O)c1cncnc1. The van der Waals surface area contributed by atoms with Gasteiger partial charge >= 0.3 is 0 Å². The molecule has 13 heteroatoms. The zero-order chi connectivity index (χ0) is 25.2. The van der Waals surface area contributed by atoms with Crippen LogP contribution in [0.5, 0.6) is 5.75 Å². The lowest BCUT2D eigenvalue weighted by Crippen LogP contribution is -2.41. The number of carbonyl (C=O) groups excluding carboxylic acids is 1. The largest absolute Gasteiger partial charge is 0.506 e. The number of nitrogens with two attached hydrogens (primary N) is 1. The fraction of sp³-hybridized carbons (Fsp3) is 0.261. The van der Waals surface area contributed by atoms with Crippen LogP contribution in [-0.4, -0.2) is 79.7 Å². The molecule has 1 saturated heterocycles. The highest BCUT2D eigenvalue weighted by atomic mass is 32.1. The van der Waals surface area contributed by atoms with E-state index in [4.69, 9.17) is 20.4 Å². The lowest BCUT2D eigenvalue weighted by molar-refractivity contribution is -0.195. The predicted octanol–water partition coefficient (Wildman–Crippen LogP) is 2.15.